The molecule has 28 heavy (non-hydrogen) atoms. The van der Waals surface area contributed by atoms with Crippen LogP contribution in [0.4, 0.5) is 0 Å². The van der Waals surface area contributed by atoms with Gasteiger partial charge in [0.2, 0.25) is 11.8 Å². The second-order valence-electron chi connectivity index (χ2n) is 10.1. The number of hydrogen-bond donors (Lipinski definition) is 1. The van der Waals surface area contributed by atoms with Gasteiger partial charge in [-0.15, -0.1) is 0 Å². The van der Waals surface area contributed by atoms with E-state index < -0.39 is 6.04 Å². The fourth-order valence-corrected chi connectivity index (χ4v) is 4.98. The maximum atomic E-state index is 13.3. The average molecular weight is 407 g/mol. The summed E-state index contributed by atoms with van der Waals surface area (Å²) in [7, 11) is 0. The third kappa shape index (κ3) is 3.90. The molecule has 3 atom stereocenters. The Morgan fingerprint density at radius 1 is 1.25 bits per heavy atom. The minimum absolute atomic E-state index is 0.0411. The number of halogens is 1. The molecule has 0 bridgehead atoms. The van der Waals surface area contributed by atoms with Crippen LogP contribution in [0.25, 0.3) is 0 Å². The van der Waals surface area contributed by atoms with Crippen molar-refractivity contribution in [3.8, 4) is 0 Å². The number of amides is 2. The fourth-order valence-electron chi connectivity index (χ4n) is 4.77. The number of hydrogen-bond acceptors (Lipinski definition) is 2. The molecule has 5 heteroatoms. The lowest BCUT2D eigenvalue weighted by molar-refractivity contribution is -0.146. The van der Waals surface area contributed by atoms with Crippen molar-refractivity contribution >= 4 is 23.4 Å². The van der Waals surface area contributed by atoms with E-state index in [0.29, 0.717) is 12.5 Å². The average Bonchev–Trinajstić information content (AvgIpc) is 2.99. The number of piperidine rings is 1. The summed E-state index contributed by atoms with van der Waals surface area (Å²) >= 11 is 6.20. The first-order valence-corrected chi connectivity index (χ1v) is 11.1. The first-order valence-electron chi connectivity index (χ1n) is 10.7. The second kappa shape index (κ2) is 7.85. The first kappa shape index (κ1) is 21.4. The molecular formula is C23H35ClN2O2. The Morgan fingerprint density at radius 2 is 1.93 bits per heavy atom. The summed E-state index contributed by atoms with van der Waals surface area (Å²) in [4.78, 5) is 27.8. The monoisotopic (exact) mass is 406 g/mol. The van der Waals surface area contributed by atoms with Crippen LogP contribution in [0.15, 0.2) is 23.3 Å². The summed E-state index contributed by atoms with van der Waals surface area (Å²) in [5.41, 5.74) is -0.0210. The maximum Gasteiger partial charge on any atom is 0.245 e. The smallest absolute Gasteiger partial charge is 0.245 e. The summed E-state index contributed by atoms with van der Waals surface area (Å²) in [6.07, 6.45) is 10.2. The molecule has 1 unspecified atom stereocenters. The maximum absolute atomic E-state index is 13.3. The number of likely N-dealkylation sites (tertiary alicyclic amines) is 1. The number of rotatable bonds is 5. The van der Waals surface area contributed by atoms with Gasteiger partial charge in [-0.25, -0.2) is 0 Å². The van der Waals surface area contributed by atoms with Crippen molar-refractivity contribution in [3.05, 3.63) is 23.3 Å². The zero-order chi connectivity index (χ0) is 20.7. The highest BCUT2D eigenvalue weighted by atomic mass is 35.5. The first-order chi connectivity index (χ1) is 13.0. The molecule has 2 amide bonds. The molecular weight excluding hydrogens is 372 g/mol. The van der Waals surface area contributed by atoms with E-state index in [-0.39, 0.29) is 34.5 Å². The van der Waals surface area contributed by atoms with Gasteiger partial charge in [0.25, 0.3) is 0 Å². The van der Waals surface area contributed by atoms with Gasteiger partial charge >= 0.3 is 0 Å². The molecule has 1 saturated carbocycles. The molecule has 1 aliphatic heterocycles. The van der Waals surface area contributed by atoms with Gasteiger partial charge in [-0.05, 0) is 42.1 Å². The minimum atomic E-state index is -0.436. The number of nitrogens with zero attached hydrogens (tertiary/aromatic N) is 1. The Hall–Kier alpha value is -1.29. The van der Waals surface area contributed by atoms with Gasteiger partial charge < -0.3 is 10.2 Å². The molecule has 0 aromatic heterocycles. The molecule has 1 heterocycles. The van der Waals surface area contributed by atoms with E-state index >= 15 is 0 Å². The number of carbonyl (C=O) groups is 2. The number of nitrogens with one attached hydrogen (secondary N) is 1. The predicted octanol–water partition coefficient (Wildman–Crippen LogP) is 4.50. The van der Waals surface area contributed by atoms with Crippen LogP contribution in [-0.2, 0) is 9.59 Å². The molecule has 156 valence electrons. The summed E-state index contributed by atoms with van der Waals surface area (Å²) < 4.78 is 0. The Kier molecular flexibility index (Phi) is 6.01. The Bertz CT molecular complexity index is 693. The Balaban J connectivity index is 1.70. The highest BCUT2D eigenvalue weighted by Crippen LogP contribution is 2.53. The van der Waals surface area contributed by atoms with E-state index in [9.17, 15) is 9.59 Å². The van der Waals surface area contributed by atoms with Crippen LogP contribution in [-0.4, -0.2) is 35.8 Å². The molecule has 0 spiro atoms. The quantitative estimate of drug-likeness (QED) is 0.730. The van der Waals surface area contributed by atoms with Crippen molar-refractivity contribution in [1.29, 1.82) is 0 Å². The summed E-state index contributed by atoms with van der Waals surface area (Å²) in [6, 6.07) is -0.436. The molecule has 0 aromatic rings. The van der Waals surface area contributed by atoms with Gasteiger partial charge in [0, 0.05) is 30.0 Å². The van der Waals surface area contributed by atoms with Crippen LogP contribution in [0.2, 0.25) is 0 Å². The molecule has 2 aliphatic carbocycles. The standard InChI is InChI=1S/C23H35ClN2O2/c1-15(2)19(25-20(27)16-7-6-8-16)21(28)26-12-11-23(5,22(3,4)14-26)17-9-10-18(24)13-17/h9-10,13,15-17,19H,6-8,11-12,14H2,1-5H3,(H,25,27)/t17?,19-,23-/m1/s1. The van der Waals surface area contributed by atoms with Crippen LogP contribution in [0.3, 0.4) is 0 Å². The summed E-state index contributed by atoms with van der Waals surface area (Å²) in [5.74, 6) is 0.586. The summed E-state index contributed by atoms with van der Waals surface area (Å²) in [6.45, 7) is 12.2. The van der Waals surface area contributed by atoms with Crippen LogP contribution in [0.1, 0.15) is 60.3 Å². The molecule has 4 nitrogen and oxygen atoms in total. The topological polar surface area (TPSA) is 49.4 Å². The lowest BCUT2D eigenvalue weighted by Gasteiger charge is -2.54. The van der Waals surface area contributed by atoms with E-state index in [1.165, 1.54) is 0 Å². The second-order valence-corrected chi connectivity index (χ2v) is 10.5. The minimum Gasteiger partial charge on any atom is -0.344 e. The van der Waals surface area contributed by atoms with Crippen molar-refractivity contribution in [3.63, 3.8) is 0 Å². The molecule has 1 saturated heterocycles. The molecule has 1 N–H and O–H groups in total. The van der Waals surface area contributed by atoms with E-state index in [2.05, 4.69) is 38.2 Å². The van der Waals surface area contributed by atoms with E-state index in [4.69, 9.17) is 11.6 Å². The van der Waals surface area contributed by atoms with E-state index in [1.807, 2.05) is 24.8 Å². The van der Waals surface area contributed by atoms with Crippen LogP contribution in [0.5, 0.6) is 0 Å². The molecule has 0 radical (unpaired) electrons. The zero-order valence-corrected chi connectivity index (χ0v) is 18.7. The van der Waals surface area contributed by atoms with Crippen molar-refractivity contribution in [2.24, 2.45) is 28.6 Å². The van der Waals surface area contributed by atoms with Crippen LogP contribution in [0, 0.1) is 28.6 Å². The largest absolute Gasteiger partial charge is 0.344 e. The zero-order valence-electron chi connectivity index (χ0n) is 17.9. The van der Waals surface area contributed by atoms with Crippen LogP contribution < -0.4 is 5.32 Å². The fraction of sp³-hybridized carbons (Fsp3) is 0.739. The van der Waals surface area contributed by atoms with E-state index in [1.54, 1.807) is 0 Å². The van der Waals surface area contributed by atoms with Gasteiger partial charge in [0.1, 0.15) is 6.04 Å². The third-order valence-corrected chi connectivity index (χ3v) is 7.84. The van der Waals surface area contributed by atoms with Gasteiger partial charge in [0.05, 0.1) is 0 Å². The molecule has 3 aliphatic rings. The van der Waals surface area contributed by atoms with Crippen LogP contribution >= 0.6 is 11.6 Å². The van der Waals surface area contributed by atoms with Crippen molar-refractivity contribution in [1.82, 2.24) is 10.2 Å². The molecule has 3 rings (SSSR count). The van der Waals surface area contributed by atoms with Gasteiger partial charge in [-0.1, -0.05) is 64.8 Å². The third-order valence-electron chi connectivity index (χ3n) is 7.59. The molecule has 2 fully saturated rings. The van der Waals surface area contributed by atoms with Gasteiger partial charge in [0.15, 0.2) is 0 Å². The normalized spacial score (nSPS) is 30.8. The summed E-state index contributed by atoms with van der Waals surface area (Å²) in [5, 5.41) is 3.86. The predicted molar refractivity (Wildman–Crippen MR) is 114 cm³/mol. The highest BCUT2D eigenvalue weighted by molar-refractivity contribution is 6.31. The molecule has 0 aromatic carbocycles. The van der Waals surface area contributed by atoms with E-state index in [0.717, 1.165) is 37.3 Å². The lowest BCUT2D eigenvalue weighted by Crippen LogP contribution is -2.60. The van der Waals surface area contributed by atoms with Gasteiger partial charge in [-0.3, -0.25) is 9.59 Å². The Labute approximate surface area is 174 Å². The highest BCUT2D eigenvalue weighted by Gasteiger charge is 2.50. The van der Waals surface area contributed by atoms with Crippen molar-refractivity contribution in [2.75, 3.05) is 13.1 Å². The Morgan fingerprint density at radius 3 is 2.39 bits per heavy atom. The van der Waals surface area contributed by atoms with Crippen molar-refractivity contribution in [2.45, 2.75) is 66.3 Å². The SMILES string of the molecule is CC(C)[C@@H](NC(=O)C1CCC1)C(=O)N1CC[C@](C)(C2C=CC(Cl)=C2)C(C)(C)C1. The van der Waals surface area contributed by atoms with Crippen molar-refractivity contribution < 1.29 is 9.59 Å². The number of allylic oxidation sites excluding steroid dienone is 4. The van der Waals surface area contributed by atoms with Gasteiger partial charge in [-0.2, -0.15) is 0 Å². The lowest BCUT2D eigenvalue weighted by atomic mass is 9.56. The number of carbonyl (C=O) groups excluding carboxylic acids is 2.